The van der Waals surface area contributed by atoms with Crippen LogP contribution >= 0.6 is 0 Å². The Balaban J connectivity index is 1.80. The molecule has 1 aromatic carbocycles. The molecule has 0 aromatic heterocycles. The summed E-state index contributed by atoms with van der Waals surface area (Å²) in [6.45, 7) is 0.400. The molecule has 0 unspecified atom stereocenters. The van der Waals surface area contributed by atoms with Crippen LogP contribution in [0.4, 0.5) is 0 Å². The zero-order valence-corrected chi connectivity index (χ0v) is 11.9. The summed E-state index contributed by atoms with van der Waals surface area (Å²) in [4.78, 5) is 25.6. The van der Waals surface area contributed by atoms with Gasteiger partial charge in [-0.3, -0.25) is 9.59 Å². The molecule has 5 heteroatoms. The number of primary amides is 1. The normalized spacial score (nSPS) is 28.2. The van der Waals surface area contributed by atoms with Crippen molar-refractivity contribution in [3.05, 3.63) is 35.4 Å². The first-order valence-corrected chi connectivity index (χ1v) is 7.40. The van der Waals surface area contributed by atoms with Crippen LogP contribution in [0.5, 0.6) is 0 Å². The quantitative estimate of drug-likeness (QED) is 0.834. The Morgan fingerprint density at radius 1 is 1.33 bits per heavy atom. The highest BCUT2D eigenvalue weighted by molar-refractivity contribution is 5.88. The van der Waals surface area contributed by atoms with Crippen molar-refractivity contribution in [2.24, 2.45) is 5.73 Å². The van der Waals surface area contributed by atoms with Crippen LogP contribution < -0.4 is 5.73 Å². The van der Waals surface area contributed by atoms with Crippen molar-refractivity contribution in [2.75, 3.05) is 13.1 Å². The van der Waals surface area contributed by atoms with Crippen molar-refractivity contribution in [3.63, 3.8) is 0 Å². The molecule has 0 saturated carbocycles. The molecule has 1 fully saturated rings. The molecule has 0 spiro atoms. The third kappa shape index (κ3) is 2.42. The first-order chi connectivity index (χ1) is 10.0. The molecular formula is C16H20N2O3. The van der Waals surface area contributed by atoms with E-state index in [1.165, 1.54) is 5.56 Å². The molecule has 2 atom stereocenters. The van der Waals surface area contributed by atoms with Gasteiger partial charge in [-0.1, -0.05) is 24.3 Å². The van der Waals surface area contributed by atoms with Crippen LogP contribution in [0, 0.1) is 0 Å². The van der Waals surface area contributed by atoms with Crippen LogP contribution in [0.25, 0.3) is 0 Å². The van der Waals surface area contributed by atoms with E-state index in [1.807, 2.05) is 18.2 Å². The summed E-state index contributed by atoms with van der Waals surface area (Å²) in [5.74, 6) is -0.911. The molecule has 0 bridgehead atoms. The second-order valence-electron chi connectivity index (χ2n) is 6.05. The van der Waals surface area contributed by atoms with E-state index < -0.39 is 11.5 Å². The van der Waals surface area contributed by atoms with E-state index in [1.54, 1.807) is 4.90 Å². The monoisotopic (exact) mass is 288 g/mol. The van der Waals surface area contributed by atoms with Gasteiger partial charge in [-0.2, -0.15) is 0 Å². The van der Waals surface area contributed by atoms with Crippen LogP contribution in [0.3, 0.4) is 0 Å². The van der Waals surface area contributed by atoms with E-state index in [4.69, 9.17) is 5.73 Å². The number of carbonyl (C=O) groups is 2. The lowest BCUT2D eigenvalue weighted by molar-refractivity contribution is -0.138. The molecule has 21 heavy (non-hydrogen) atoms. The number of aliphatic hydroxyl groups is 1. The van der Waals surface area contributed by atoms with Gasteiger partial charge >= 0.3 is 0 Å². The largest absolute Gasteiger partial charge is 0.378 e. The fraction of sp³-hybridized carbons (Fsp3) is 0.500. The summed E-state index contributed by atoms with van der Waals surface area (Å²) in [5.41, 5.74) is 5.97. The Morgan fingerprint density at radius 2 is 2.10 bits per heavy atom. The molecule has 2 aliphatic rings. The summed E-state index contributed by atoms with van der Waals surface area (Å²) >= 11 is 0. The predicted molar refractivity (Wildman–Crippen MR) is 77.5 cm³/mol. The first kappa shape index (κ1) is 14.1. The molecule has 0 radical (unpaired) electrons. The van der Waals surface area contributed by atoms with E-state index in [0.717, 1.165) is 24.8 Å². The summed E-state index contributed by atoms with van der Waals surface area (Å²) < 4.78 is 0. The first-order valence-electron chi connectivity index (χ1n) is 7.40. The number of nitrogens with two attached hydrogens (primary N) is 1. The summed E-state index contributed by atoms with van der Waals surface area (Å²) in [6.07, 6.45) is 3.04. The Hall–Kier alpha value is -1.88. The maximum absolute atomic E-state index is 12.7. The van der Waals surface area contributed by atoms with Crippen molar-refractivity contribution in [3.8, 4) is 0 Å². The van der Waals surface area contributed by atoms with Gasteiger partial charge in [0.15, 0.2) is 5.60 Å². The number of benzene rings is 1. The lowest BCUT2D eigenvalue weighted by Crippen LogP contribution is -2.47. The van der Waals surface area contributed by atoms with E-state index >= 15 is 0 Å². The zero-order chi connectivity index (χ0) is 15.0. The van der Waals surface area contributed by atoms with Gasteiger partial charge in [0.05, 0.1) is 12.5 Å². The minimum absolute atomic E-state index is 0.000625. The molecule has 1 aromatic rings. The summed E-state index contributed by atoms with van der Waals surface area (Å²) in [7, 11) is 0. The topological polar surface area (TPSA) is 83.6 Å². The Kier molecular flexibility index (Phi) is 3.45. The predicted octanol–water partition coefficient (Wildman–Crippen LogP) is 0.555. The summed E-state index contributed by atoms with van der Waals surface area (Å²) in [5, 5.41) is 10.1. The Labute approximate surface area is 123 Å². The molecule has 3 N–H and O–H groups in total. The third-order valence-electron chi connectivity index (χ3n) is 4.69. The van der Waals surface area contributed by atoms with Crippen LogP contribution in [0.15, 0.2) is 24.3 Å². The molecule has 1 saturated heterocycles. The lowest BCUT2D eigenvalue weighted by Gasteiger charge is -2.29. The molecule has 2 amide bonds. The average Bonchev–Trinajstić information content (AvgIpc) is 2.90. The maximum atomic E-state index is 12.7. The Morgan fingerprint density at radius 3 is 2.81 bits per heavy atom. The molecule has 1 heterocycles. The lowest BCUT2D eigenvalue weighted by atomic mass is 9.82. The third-order valence-corrected chi connectivity index (χ3v) is 4.69. The van der Waals surface area contributed by atoms with Gasteiger partial charge in [-0.15, -0.1) is 0 Å². The van der Waals surface area contributed by atoms with Crippen LogP contribution in [0.2, 0.25) is 0 Å². The van der Waals surface area contributed by atoms with Crippen molar-refractivity contribution in [2.45, 2.75) is 37.2 Å². The number of β-amino-alcohol motifs (C(OH)–C–C–N with tert-alkyl or cyclic N) is 1. The number of carbonyl (C=O) groups excluding carboxylic acids is 2. The number of aryl methyl sites for hydroxylation is 1. The smallest absolute Gasteiger partial charge is 0.251 e. The highest BCUT2D eigenvalue weighted by Gasteiger charge is 2.44. The zero-order valence-electron chi connectivity index (χ0n) is 11.9. The van der Waals surface area contributed by atoms with Gasteiger partial charge in [0.2, 0.25) is 5.91 Å². The Bertz CT molecular complexity index is 587. The maximum Gasteiger partial charge on any atom is 0.251 e. The number of hydrogen-bond acceptors (Lipinski definition) is 3. The number of likely N-dealkylation sites (tertiary alicyclic amines) is 1. The van der Waals surface area contributed by atoms with Crippen molar-refractivity contribution >= 4 is 11.8 Å². The van der Waals surface area contributed by atoms with Crippen molar-refractivity contribution < 1.29 is 14.7 Å². The van der Waals surface area contributed by atoms with E-state index in [2.05, 4.69) is 6.07 Å². The molecule has 1 aliphatic carbocycles. The SMILES string of the molecule is NC(=O)[C@@]1(O)CCN(C(=O)[C@H]2CCCc3ccccc32)C1. The highest BCUT2D eigenvalue weighted by atomic mass is 16.3. The standard InChI is InChI=1S/C16H20N2O3/c17-15(20)16(21)8-9-18(10-16)14(19)13-7-3-5-11-4-1-2-6-12(11)13/h1-2,4,6,13,21H,3,5,7-10H2,(H2,17,20)/t13-,16+/m0/s1. The molecule has 1 aliphatic heterocycles. The van der Waals surface area contributed by atoms with E-state index in [9.17, 15) is 14.7 Å². The number of hydrogen-bond donors (Lipinski definition) is 2. The minimum Gasteiger partial charge on any atom is -0.378 e. The summed E-state index contributed by atoms with van der Waals surface area (Å²) in [6, 6.07) is 8.02. The molecule has 5 nitrogen and oxygen atoms in total. The fourth-order valence-electron chi connectivity index (χ4n) is 3.41. The number of amides is 2. The fourth-order valence-corrected chi connectivity index (χ4v) is 3.41. The van der Waals surface area contributed by atoms with Gasteiger partial charge in [-0.05, 0) is 30.4 Å². The van der Waals surface area contributed by atoms with Gasteiger partial charge in [0.25, 0.3) is 5.91 Å². The highest BCUT2D eigenvalue weighted by Crippen LogP contribution is 2.34. The van der Waals surface area contributed by atoms with Gasteiger partial charge in [-0.25, -0.2) is 0 Å². The van der Waals surface area contributed by atoms with Crippen molar-refractivity contribution in [1.29, 1.82) is 0 Å². The average molecular weight is 288 g/mol. The van der Waals surface area contributed by atoms with E-state index in [0.29, 0.717) is 6.54 Å². The van der Waals surface area contributed by atoms with E-state index in [-0.39, 0.29) is 24.8 Å². The number of rotatable bonds is 2. The van der Waals surface area contributed by atoms with Crippen LogP contribution in [-0.2, 0) is 16.0 Å². The second kappa shape index (κ2) is 5.15. The molecule has 3 rings (SSSR count). The molecular weight excluding hydrogens is 268 g/mol. The van der Waals surface area contributed by atoms with Crippen LogP contribution in [-0.4, -0.2) is 40.5 Å². The number of nitrogens with zero attached hydrogens (tertiary/aromatic N) is 1. The minimum atomic E-state index is -1.57. The van der Waals surface area contributed by atoms with Gasteiger partial charge in [0.1, 0.15) is 0 Å². The van der Waals surface area contributed by atoms with Gasteiger partial charge < -0.3 is 15.7 Å². The van der Waals surface area contributed by atoms with Crippen LogP contribution in [0.1, 0.15) is 36.3 Å². The number of fused-ring (bicyclic) bond motifs is 1. The van der Waals surface area contributed by atoms with Crippen molar-refractivity contribution in [1.82, 2.24) is 4.90 Å². The van der Waals surface area contributed by atoms with Gasteiger partial charge in [0, 0.05) is 13.0 Å². The molecule has 112 valence electrons. The second-order valence-corrected chi connectivity index (χ2v) is 6.05.